The fourth-order valence-corrected chi connectivity index (χ4v) is 2.66. The molecule has 1 amide bonds. The monoisotopic (exact) mass is 320 g/mol. The summed E-state index contributed by atoms with van der Waals surface area (Å²) >= 11 is 0. The summed E-state index contributed by atoms with van der Waals surface area (Å²) in [5, 5.41) is 9.97. The second-order valence-electron chi connectivity index (χ2n) is 5.87. The lowest BCUT2D eigenvalue weighted by Gasteiger charge is -2.14. The smallest absolute Gasteiger partial charge is 0.255 e. The summed E-state index contributed by atoms with van der Waals surface area (Å²) in [6.07, 6.45) is 4.04. The number of carbonyl (C=O) groups is 1. The second-order valence-corrected chi connectivity index (χ2v) is 5.87. The Morgan fingerprint density at radius 2 is 2.00 bits per heavy atom. The molecule has 0 spiro atoms. The minimum absolute atomic E-state index is 0.0235. The van der Waals surface area contributed by atoms with E-state index in [4.69, 9.17) is 0 Å². The second kappa shape index (κ2) is 7.08. The van der Waals surface area contributed by atoms with Crippen LogP contribution in [0, 0.1) is 6.92 Å². The lowest BCUT2D eigenvalue weighted by Crippen LogP contribution is -2.34. The predicted molar refractivity (Wildman–Crippen MR) is 93.6 cm³/mol. The van der Waals surface area contributed by atoms with Gasteiger partial charge in [0.25, 0.3) is 5.91 Å². The number of rotatable bonds is 5. The minimum atomic E-state index is -0.135. The van der Waals surface area contributed by atoms with Gasteiger partial charge in [-0.15, -0.1) is 0 Å². The number of nitrogens with one attached hydrogen (secondary N) is 2. The number of aryl methyl sites for hydroxylation is 1. The maximum absolute atomic E-state index is 12.6. The van der Waals surface area contributed by atoms with Crippen LogP contribution in [-0.2, 0) is 6.42 Å². The normalized spacial score (nSPS) is 11.9. The molecular weight excluding hydrogens is 300 g/mol. The fourth-order valence-electron chi connectivity index (χ4n) is 2.66. The van der Waals surface area contributed by atoms with Crippen molar-refractivity contribution >= 4 is 5.91 Å². The van der Waals surface area contributed by atoms with Gasteiger partial charge in [0.15, 0.2) is 0 Å². The Hall–Kier alpha value is -2.95. The van der Waals surface area contributed by atoms with Gasteiger partial charge in [-0.05, 0) is 25.5 Å². The summed E-state index contributed by atoms with van der Waals surface area (Å²) in [4.78, 5) is 17.0. The third kappa shape index (κ3) is 3.51. The summed E-state index contributed by atoms with van der Waals surface area (Å²) in [5.74, 6) is -0.135. The van der Waals surface area contributed by atoms with Gasteiger partial charge < -0.3 is 5.32 Å². The number of benzene rings is 1. The average molecular weight is 320 g/mol. The lowest BCUT2D eigenvalue weighted by atomic mass is 10.1. The van der Waals surface area contributed by atoms with Gasteiger partial charge in [0, 0.05) is 29.9 Å². The van der Waals surface area contributed by atoms with Crippen molar-refractivity contribution in [1.29, 1.82) is 0 Å². The molecule has 0 bridgehead atoms. The largest absolute Gasteiger partial charge is 0.349 e. The van der Waals surface area contributed by atoms with Crippen LogP contribution in [-0.4, -0.2) is 27.1 Å². The van der Waals surface area contributed by atoms with Gasteiger partial charge in [-0.25, -0.2) is 0 Å². The molecule has 2 heterocycles. The quantitative estimate of drug-likeness (QED) is 0.758. The van der Waals surface area contributed by atoms with Crippen LogP contribution in [0.4, 0.5) is 0 Å². The van der Waals surface area contributed by atoms with Crippen molar-refractivity contribution < 1.29 is 4.79 Å². The molecule has 5 heteroatoms. The molecule has 2 aromatic heterocycles. The summed E-state index contributed by atoms with van der Waals surface area (Å²) in [5.41, 5.74) is 4.35. The van der Waals surface area contributed by atoms with Crippen molar-refractivity contribution in [2.45, 2.75) is 26.3 Å². The lowest BCUT2D eigenvalue weighted by molar-refractivity contribution is 0.0940. The molecule has 1 aromatic carbocycles. The van der Waals surface area contributed by atoms with Gasteiger partial charge in [0.05, 0.1) is 17.5 Å². The molecule has 122 valence electrons. The summed E-state index contributed by atoms with van der Waals surface area (Å²) in [7, 11) is 0. The number of aromatic nitrogens is 3. The molecule has 0 fully saturated rings. The summed E-state index contributed by atoms with van der Waals surface area (Å²) in [6.45, 7) is 4.01. The molecule has 0 aliphatic carbocycles. The molecule has 1 atom stereocenters. The Morgan fingerprint density at radius 1 is 1.21 bits per heavy atom. The summed E-state index contributed by atoms with van der Waals surface area (Å²) in [6, 6.07) is 13.6. The van der Waals surface area contributed by atoms with E-state index < -0.39 is 0 Å². The first-order valence-corrected chi connectivity index (χ1v) is 7.95. The number of aromatic amines is 1. The molecule has 0 aliphatic heterocycles. The molecule has 2 N–H and O–H groups in total. The molecule has 24 heavy (non-hydrogen) atoms. The zero-order valence-electron chi connectivity index (χ0n) is 13.8. The Morgan fingerprint density at radius 3 is 2.75 bits per heavy atom. The van der Waals surface area contributed by atoms with Gasteiger partial charge >= 0.3 is 0 Å². The van der Waals surface area contributed by atoms with E-state index in [0.717, 1.165) is 22.5 Å². The van der Waals surface area contributed by atoms with E-state index in [9.17, 15) is 4.79 Å². The number of nitrogens with zero attached hydrogens (tertiary/aromatic N) is 2. The van der Waals surface area contributed by atoms with Crippen molar-refractivity contribution in [2.24, 2.45) is 0 Å². The van der Waals surface area contributed by atoms with E-state index in [2.05, 4.69) is 20.5 Å². The van der Waals surface area contributed by atoms with Crippen molar-refractivity contribution in [3.8, 4) is 11.3 Å². The summed E-state index contributed by atoms with van der Waals surface area (Å²) < 4.78 is 0. The average Bonchev–Trinajstić information content (AvgIpc) is 3.07. The standard InChI is InChI=1S/C19H20N4O/c1-13-7-6-10-20-17(13)11-14(2)22-19(24)16-12-21-23-18(16)15-8-4-3-5-9-15/h3-10,12,14H,11H2,1-2H3,(H,21,23)(H,22,24)/t14-/m0/s1. The zero-order valence-corrected chi connectivity index (χ0v) is 13.8. The van der Waals surface area contributed by atoms with E-state index in [1.807, 2.05) is 56.3 Å². The van der Waals surface area contributed by atoms with E-state index in [1.54, 1.807) is 12.4 Å². The Kier molecular flexibility index (Phi) is 4.70. The number of H-pyrrole nitrogens is 1. The van der Waals surface area contributed by atoms with E-state index >= 15 is 0 Å². The molecule has 0 saturated heterocycles. The fraction of sp³-hybridized carbons (Fsp3) is 0.211. The van der Waals surface area contributed by atoms with E-state index in [1.165, 1.54) is 0 Å². The first-order valence-electron chi connectivity index (χ1n) is 7.95. The van der Waals surface area contributed by atoms with Crippen LogP contribution in [0.5, 0.6) is 0 Å². The molecule has 0 unspecified atom stereocenters. The maximum Gasteiger partial charge on any atom is 0.255 e. The Bertz CT molecular complexity index is 826. The zero-order chi connectivity index (χ0) is 16.9. The van der Waals surface area contributed by atoms with Crippen molar-refractivity contribution in [1.82, 2.24) is 20.5 Å². The molecule has 0 aliphatic rings. The van der Waals surface area contributed by atoms with E-state index in [0.29, 0.717) is 12.0 Å². The number of hydrogen-bond donors (Lipinski definition) is 2. The highest BCUT2D eigenvalue weighted by atomic mass is 16.1. The van der Waals surface area contributed by atoms with Gasteiger partial charge in [0.2, 0.25) is 0 Å². The molecule has 0 saturated carbocycles. The highest BCUT2D eigenvalue weighted by Crippen LogP contribution is 2.20. The van der Waals surface area contributed by atoms with E-state index in [-0.39, 0.29) is 11.9 Å². The van der Waals surface area contributed by atoms with Gasteiger partial charge in [-0.1, -0.05) is 36.4 Å². The topological polar surface area (TPSA) is 70.7 Å². The van der Waals surface area contributed by atoms with Crippen LogP contribution in [0.1, 0.15) is 28.5 Å². The maximum atomic E-state index is 12.6. The predicted octanol–water partition coefficient (Wildman–Crippen LogP) is 3.14. The third-order valence-electron chi connectivity index (χ3n) is 3.94. The van der Waals surface area contributed by atoms with Crippen LogP contribution in [0.2, 0.25) is 0 Å². The highest BCUT2D eigenvalue weighted by molar-refractivity contribution is 5.99. The number of amides is 1. The van der Waals surface area contributed by atoms with Crippen LogP contribution >= 0.6 is 0 Å². The molecule has 3 rings (SSSR count). The molecule has 0 radical (unpaired) electrons. The van der Waals surface area contributed by atoms with Crippen LogP contribution in [0.3, 0.4) is 0 Å². The van der Waals surface area contributed by atoms with Crippen LogP contribution in [0.25, 0.3) is 11.3 Å². The first-order chi connectivity index (χ1) is 11.6. The van der Waals surface area contributed by atoms with Gasteiger partial charge in [-0.2, -0.15) is 5.10 Å². The molecule has 3 aromatic rings. The SMILES string of the molecule is Cc1cccnc1C[C@H](C)NC(=O)c1cn[nH]c1-c1ccccc1. The van der Waals surface area contributed by atoms with Crippen molar-refractivity contribution in [2.75, 3.05) is 0 Å². The third-order valence-corrected chi connectivity index (χ3v) is 3.94. The van der Waals surface area contributed by atoms with Gasteiger partial charge in [0.1, 0.15) is 0 Å². The molecular formula is C19H20N4O. The van der Waals surface area contributed by atoms with Gasteiger partial charge in [-0.3, -0.25) is 14.9 Å². The number of pyridine rings is 1. The van der Waals surface area contributed by atoms with Crippen molar-refractivity contribution in [3.63, 3.8) is 0 Å². The highest BCUT2D eigenvalue weighted by Gasteiger charge is 2.17. The van der Waals surface area contributed by atoms with Crippen molar-refractivity contribution in [3.05, 3.63) is 71.7 Å². The number of carbonyl (C=O) groups excluding carboxylic acids is 1. The van der Waals surface area contributed by atoms with Crippen LogP contribution in [0.15, 0.2) is 54.9 Å². The van der Waals surface area contributed by atoms with Crippen LogP contribution < -0.4 is 5.32 Å². The minimum Gasteiger partial charge on any atom is -0.349 e. The Labute approximate surface area is 141 Å². The Balaban J connectivity index is 1.72. The molecule has 5 nitrogen and oxygen atoms in total. The first kappa shape index (κ1) is 15.9. The number of hydrogen-bond acceptors (Lipinski definition) is 3.